The van der Waals surface area contributed by atoms with Crippen molar-refractivity contribution in [1.82, 2.24) is 5.32 Å². The molecule has 0 saturated carbocycles. The maximum Gasteiger partial charge on any atom is 0.273 e. The lowest BCUT2D eigenvalue weighted by molar-refractivity contribution is -0.137. The highest BCUT2D eigenvalue weighted by Gasteiger charge is 2.44. The second-order valence-electron chi connectivity index (χ2n) is 2.28. The summed E-state index contributed by atoms with van der Waals surface area (Å²) in [7, 11) is 0. The standard InChI is InChI=1S/C5H8F2N2O/c6-5(7)1-2-9-4(10)3(5)8/h3H,1-2,8H2,(H,9,10). The number of nitrogens with two attached hydrogens (primary N) is 1. The first kappa shape index (κ1) is 7.40. The summed E-state index contributed by atoms with van der Waals surface area (Å²) < 4.78 is 24.9. The summed E-state index contributed by atoms with van der Waals surface area (Å²) >= 11 is 0. The molecule has 58 valence electrons. The van der Waals surface area contributed by atoms with E-state index in [1.807, 2.05) is 0 Å². The van der Waals surface area contributed by atoms with Crippen molar-refractivity contribution in [2.45, 2.75) is 18.4 Å². The Kier molecular flexibility index (Phi) is 1.60. The van der Waals surface area contributed by atoms with E-state index < -0.39 is 17.9 Å². The minimum Gasteiger partial charge on any atom is -0.354 e. The molecule has 1 amide bonds. The molecule has 0 bridgehead atoms. The third-order valence-electron chi connectivity index (χ3n) is 1.50. The number of carbonyl (C=O) groups is 1. The molecule has 1 rings (SSSR count). The van der Waals surface area contributed by atoms with Gasteiger partial charge < -0.3 is 11.1 Å². The maximum absolute atomic E-state index is 12.5. The van der Waals surface area contributed by atoms with Crippen LogP contribution in [0.4, 0.5) is 8.78 Å². The number of alkyl halides is 2. The van der Waals surface area contributed by atoms with Gasteiger partial charge in [0.15, 0.2) is 0 Å². The average Bonchev–Trinajstić information content (AvgIpc) is 1.83. The normalized spacial score (nSPS) is 31.5. The van der Waals surface area contributed by atoms with Gasteiger partial charge in [0.25, 0.3) is 5.92 Å². The molecule has 1 atom stereocenters. The summed E-state index contributed by atoms with van der Waals surface area (Å²) in [6, 6.07) is -1.67. The molecule has 0 spiro atoms. The van der Waals surface area contributed by atoms with Crippen LogP contribution in [0.3, 0.4) is 0 Å². The van der Waals surface area contributed by atoms with Gasteiger partial charge in [-0.3, -0.25) is 4.79 Å². The molecular formula is C5H8F2N2O. The van der Waals surface area contributed by atoms with E-state index in [4.69, 9.17) is 5.73 Å². The summed E-state index contributed by atoms with van der Waals surface area (Å²) in [5.41, 5.74) is 4.89. The third-order valence-corrected chi connectivity index (χ3v) is 1.50. The van der Waals surface area contributed by atoms with Gasteiger partial charge in [-0.25, -0.2) is 8.78 Å². The van der Waals surface area contributed by atoms with Crippen molar-refractivity contribution in [3.05, 3.63) is 0 Å². The van der Waals surface area contributed by atoms with Crippen molar-refractivity contribution in [3.8, 4) is 0 Å². The Balaban J connectivity index is 2.69. The molecule has 0 aromatic heterocycles. The van der Waals surface area contributed by atoms with Gasteiger partial charge in [-0.05, 0) is 0 Å². The molecular weight excluding hydrogens is 142 g/mol. The molecule has 3 N–H and O–H groups in total. The first-order chi connectivity index (χ1) is 4.54. The van der Waals surface area contributed by atoms with Gasteiger partial charge in [0.2, 0.25) is 5.91 Å². The number of carbonyl (C=O) groups excluding carboxylic acids is 1. The molecule has 0 aromatic carbocycles. The number of piperidine rings is 1. The summed E-state index contributed by atoms with van der Waals surface area (Å²) in [4.78, 5) is 10.5. The fraction of sp³-hybridized carbons (Fsp3) is 0.800. The van der Waals surface area contributed by atoms with Crippen LogP contribution in [-0.2, 0) is 4.79 Å². The molecule has 1 saturated heterocycles. The van der Waals surface area contributed by atoms with Crippen molar-refractivity contribution in [1.29, 1.82) is 0 Å². The second-order valence-corrected chi connectivity index (χ2v) is 2.28. The highest BCUT2D eigenvalue weighted by atomic mass is 19.3. The molecule has 1 heterocycles. The van der Waals surface area contributed by atoms with Crippen molar-refractivity contribution >= 4 is 5.91 Å². The average molecular weight is 150 g/mol. The Morgan fingerprint density at radius 3 is 2.70 bits per heavy atom. The van der Waals surface area contributed by atoms with E-state index in [-0.39, 0.29) is 13.0 Å². The SMILES string of the molecule is NC1C(=O)NCCC1(F)F. The number of nitrogens with one attached hydrogen (secondary N) is 1. The van der Waals surface area contributed by atoms with Gasteiger partial charge in [-0.15, -0.1) is 0 Å². The number of hydrogen-bond acceptors (Lipinski definition) is 2. The van der Waals surface area contributed by atoms with Crippen LogP contribution in [-0.4, -0.2) is 24.4 Å². The second kappa shape index (κ2) is 2.16. The Labute approximate surface area is 56.6 Å². The summed E-state index contributed by atoms with van der Waals surface area (Å²) in [6.45, 7) is 0.0134. The van der Waals surface area contributed by atoms with E-state index in [2.05, 4.69) is 5.32 Å². The van der Waals surface area contributed by atoms with Gasteiger partial charge in [0.05, 0.1) is 0 Å². The van der Waals surface area contributed by atoms with Gasteiger partial charge >= 0.3 is 0 Å². The van der Waals surface area contributed by atoms with Crippen LogP contribution in [0.5, 0.6) is 0 Å². The zero-order chi connectivity index (χ0) is 7.78. The van der Waals surface area contributed by atoms with Gasteiger partial charge in [-0.2, -0.15) is 0 Å². The Bertz CT molecular complexity index is 160. The smallest absolute Gasteiger partial charge is 0.273 e. The lowest BCUT2D eigenvalue weighted by Gasteiger charge is -2.27. The predicted octanol–water partition coefficient (Wildman–Crippen LogP) is -0.531. The monoisotopic (exact) mass is 150 g/mol. The molecule has 0 aromatic rings. The Hall–Kier alpha value is -0.710. The molecule has 1 fully saturated rings. The molecule has 5 heteroatoms. The van der Waals surface area contributed by atoms with Crippen LogP contribution in [0.15, 0.2) is 0 Å². The Morgan fingerprint density at radius 1 is 1.70 bits per heavy atom. The fourth-order valence-corrected chi connectivity index (χ4v) is 0.810. The first-order valence-corrected chi connectivity index (χ1v) is 2.95. The van der Waals surface area contributed by atoms with Crippen LogP contribution < -0.4 is 11.1 Å². The zero-order valence-corrected chi connectivity index (χ0v) is 5.23. The molecule has 1 aliphatic rings. The van der Waals surface area contributed by atoms with Crippen molar-refractivity contribution < 1.29 is 13.6 Å². The topological polar surface area (TPSA) is 55.1 Å². The fourth-order valence-electron chi connectivity index (χ4n) is 0.810. The van der Waals surface area contributed by atoms with E-state index in [0.717, 1.165) is 0 Å². The maximum atomic E-state index is 12.5. The van der Waals surface area contributed by atoms with Crippen LogP contribution in [0, 0.1) is 0 Å². The number of hydrogen-bond donors (Lipinski definition) is 2. The molecule has 1 unspecified atom stereocenters. The first-order valence-electron chi connectivity index (χ1n) is 2.95. The van der Waals surface area contributed by atoms with Gasteiger partial charge in [0, 0.05) is 13.0 Å². The molecule has 10 heavy (non-hydrogen) atoms. The molecule has 1 aliphatic heterocycles. The van der Waals surface area contributed by atoms with E-state index >= 15 is 0 Å². The molecule has 0 aliphatic carbocycles. The van der Waals surface area contributed by atoms with E-state index in [1.165, 1.54) is 0 Å². The highest BCUT2D eigenvalue weighted by molar-refractivity contribution is 5.83. The van der Waals surface area contributed by atoms with E-state index in [0.29, 0.717) is 0 Å². The van der Waals surface area contributed by atoms with Crippen molar-refractivity contribution in [2.75, 3.05) is 6.54 Å². The Morgan fingerprint density at radius 2 is 2.30 bits per heavy atom. The lowest BCUT2D eigenvalue weighted by Crippen LogP contribution is -2.57. The summed E-state index contributed by atoms with van der Waals surface area (Å²) in [6.07, 6.45) is -0.361. The molecule has 3 nitrogen and oxygen atoms in total. The van der Waals surface area contributed by atoms with Crippen LogP contribution in [0.2, 0.25) is 0 Å². The van der Waals surface area contributed by atoms with Crippen molar-refractivity contribution in [3.63, 3.8) is 0 Å². The molecule has 0 radical (unpaired) electrons. The minimum atomic E-state index is -3.03. The van der Waals surface area contributed by atoms with Crippen LogP contribution in [0.25, 0.3) is 0 Å². The van der Waals surface area contributed by atoms with E-state index in [1.54, 1.807) is 0 Å². The van der Waals surface area contributed by atoms with Crippen LogP contribution >= 0.6 is 0 Å². The zero-order valence-electron chi connectivity index (χ0n) is 5.23. The lowest BCUT2D eigenvalue weighted by atomic mass is 10.0. The largest absolute Gasteiger partial charge is 0.354 e. The summed E-state index contributed by atoms with van der Waals surface area (Å²) in [5, 5.41) is 2.24. The number of rotatable bonds is 0. The number of halogens is 2. The van der Waals surface area contributed by atoms with Crippen LogP contribution in [0.1, 0.15) is 6.42 Å². The van der Waals surface area contributed by atoms with E-state index in [9.17, 15) is 13.6 Å². The van der Waals surface area contributed by atoms with Gasteiger partial charge in [0.1, 0.15) is 6.04 Å². The highest BCUT2D eigenvalue weighted by Crippen LogP contribution is 2.23. The third kappa shape index (κ3) is 1.09. The summed E-state index contributed by atoms with van der Waals surface area (Å²) in [5.74, 6) is -3.79. The van der Waals surface area contributed by atoms with Crippen molar-refractivity contribution in [2.24, 2.45) is 5.73 Å². The van der Waals surface area contributed by atoms with Gasteiger partial charge in [-0.1, -0.05) is 0 Å². The minimum absolute atomic E-state index is 0.0134. The predicted molar refractivity (Wildman–Crippen MR) is 30.5 cm³/mol. The quantitative estimate of drug-likeness (QED) is 0.487. The number of amides is 1.